The SMILES string of the molecule is CCN1C[C@]2(COC)[C@H](O)C[C@H](OC)[C@@]34[C@@H]5C[C@@]6(O)[C@H](OC(=O)c7ccccc7)[C@@H]5[C@@](OC(=O)CCCCCC(=O)O[C@@]57[C@@H]8[C@H](OC)[C@@H]9[C@]%10(COC)CN(CC)[C@H]8[C@]9([C@@H](OC)C[C@H]%10O)[C@@H]8C[C@@](O)([C@H](OC(=O)c9ccccc9)[C@@H]85)[C@@H](OC)[C@@H]7O)([C@H]([C@H](OC)[C@H]23)[C@@H]14)[C@@H](O)[C@@H]6OC. The molecule has 10 aliphatic carbocycles. The monoisotopic (exact) mass is 1330 g/mol. The summed E-state index contributed by atoms with van der Waals surface area (Å²) in [6.07, 6.45) is -13.3. The number of hydrogen-bond donors (Lipinski definition) is 6. The van der Waals surface area contributed by atoms with Gasteiger partial charge in [0.2, 0.25) is 0 Å². The summed E-state index contributed by atoms with van der Waals surface area (Å²) in [6, 6.07) is 15.8. The summed E-state index contributed by atoms with van der Waals surface area (Å²) < 4.78 is 78.5. The number of piperidine rings is 2. The summed E-state index contributed by atoms with van der Waals surface area (Å²) in [4.78, 5) is 64.2. The van der Waals surface area contributed by atoms with Crippen molar-refractivity contribution in [3.05, 3.63) is 71.8 Å². The summed E-state index contributed by atoms with van der Waals surface area (Å²) in [5, 5.41) is 78.7. The lowest BCUT2D eigenvalue weighted by molar-refractivity contribution is -0.323. The topological polar surface area (TPSA) is 307 Å². The number of aliphatic hydroxyl groups excluding tert-OH is 4. The fraction of sp³-hybridized carbons (Fsp3) is 0.775. The Morgan fingerprint density at radius 2 is 0.874 bits per heavy atom. The standard InChI is InChI=1S/C71H98N2O22/c1-11-72-32-64(34-84-3)40(74)28-42(86-5)68-38-30-66(82)58(92-62(80)36-22-16-13-17-23-36)46(38)70(56(78)60(66)90-9,48(54(68)72)50(88-7)52(64)68)94-44(76)26-20-15-21-27-45(77)95-71-47-39(31-67(83,61(91-10)57(71)79)59(47)93-63(81)37-24-18-14-19-25-37)69-43(87-6)29-41(75)65(35-85-4)33-73(12-2)55(69)49(71)51(89-8)53(65)69/h13-14,16-19,22-25,38-43,46-61,74-75,78-79,82-83H,11-12,15,20-21,26-35H2,1-10H3/t38-,39-,40-,41-,42+,43+,46-,47-,48-,49-,50+,51+,52-,53-,54-,55-,56+,57+,58-,59-,60+,61+,64+,65+,66-,67-,68+,69+,70-,71-/m1/s1. The summed E-state index contributed by atoms with van der Waals surface area (Å²) >= 11 is 0. The first-order valence-electron chi connectivity index (χ1n) is 34.4. The molecule has 524 valence electrons. The number of esters is 4. The molecule has 0 aromatic heterocycles. The van der Waals surface area contributed by atoms with Crippen molar-refractivity contribution < 1.29 is 107 Å². The van der Waals surface area contributed by atoms with Crippen molar-refractivity contribution in [3.63, 3.8) is 0 Å². The number of rotatable bonds is 24. The molecule has 14 bridgehead atoms. The van der Waals surface area contributed by atoms with Gasteiger partial charge >= 0.3 is 23.9 Å². The van der Waals surface area contributed by atoms with Gasteiger partial charge in [0.15, 0.2) is 11.2 Å². The van der Waals surface area contributed by atoms with Crippen LogP contribution in [-0.2, 0) is 66.4 Å². The van der Waals surface area contributed by atoms with Crippen LogP contribution in [0.5, 0.6) is 0 Å². The lowest BCUT2D eigenvalue weighted by atomic mass is 9.42. The number of nitrogens with zero attached hydrogens (tertiary/aromatic N) is 2. The molecule has 6 N–H and O–H groups in total. The summed E-state index contributed by atoms with van der Waals surface area (Å²) in [7, 11) is 12.3. The maximum absolute atomic E-state index is 15.4. The van der Waals surface area contributed by atoms with Gasteiger partial charge in [-0.3, -0.25) is 19.4 Å². The highest BCUT2D eigenvalue weighted by Crippen LogP contribution is 2.83. The molecule has 2 saturated heterocycles. The van der Waals surface area contributed by atoms with Crippen LogP contribution in [0.4, 0.5) is 0 Å². The maximum Gasteiger partial charge on any atom is 0.338 e. The van der Waals surface area contributed by atoms with Gasteiger partial charge in [0, 0.05) is 165 Å². The first kappa shape index (κ1) is 67.8. The molecule has 0 amide bonds. The first-order valence-corrected chi connectivity index (χ1v) is 34.4. The minimum Gasteiger partial charge on any atom is -0.455 e. The van der Waals surface area contributed by atoms with Crippen molar-refractivity contribution >= 4 is 23.9 Å². The fourth-order valence-corrected chi connectivity index (χ4v) is 25.3. The second-order valence-electron chi connectivity index (χ2n) is 30.2. The molecule has 0 radical (unpaired) electrons. The van der Waals surface area contributed by atoms with Gasteiger partial charge in [0.25, 0.3) is 0 Å². The van der Waals surface area contributed by atoms with E-state index in [0.717, 1.165) is 0 Å². The maximum atomic E-state index is 15.4. The summed E-state index contributed by atoms with van der Waals surface area (Å²) in [6.45, 7) is 6.03. The van der Waals surface area contributed by atoms with E-state index in [1.54, 1.807) is 103 Å². The minimum absolute atomic E-state index is 0.0501. The van der Waals surface area contributed by atoms with Gasteiger partial charge in [-0.05, 0) is 74.9 Å². The van der Waals surface area contributed by atoms with Gasteiger partial charge in [0.05, 0.1) is 61.0 Å². The number of carbonyl (C=O) groups excluding carboxylic acids is 4. The number of aliphatic hydroxyl groups is 6. The number of unbranched alkanes of at least 4 members (excludes halogenated alkanes) is 2. The van der Waals surface area contributed by atoms with E-state index in [1.165, 1.54) is 14.2 Å². The lowest BCUT2D eigenvalue weighted by Crippen LogP contribution is -2.81. The van der Waals surface area contributed by atoms with E-state index in [1.807, 2.05) is 13.8 Å². The number of benzene rings is 2. The van der Waals surface area contributed by atoms with Crippen LogP contribution in [0, 0.1) is 69.0 Å². The van der Waals surface area contributed by atoms with Crippen molar-refractivity contribution in [3.8, 4) is 0 Å². The number of ether oxygens (including phenoxy) is 12. The molecule has 95 heavy (non-hydrogen) atoms. The van der Waals surface area contributed by atoms with Gasteiger partial charge in [-0.15, -0.1) is 0 Å². The van der Waals surface area contributed by atoms with Gasteiger partial charge in [-0.1, -0.05) is 56.7 Å². The minimum atomic E-state index is -2.01. The number of hydrogen-bond acceptors (Lipinski definition) is 24. The van der Waals surface area contributed by atoms with Gasteiger partial charge in [-0.25, -0.2) is 9.59 Å². The van der Waals surface area contributed by atoms with Crippen molar-refractivity contribution in [1.29, 1.82) is 0 Å². The van der Waals surface area contributed by atoms with Crippen LogP contribution in [0.1, 0.15) is 92.4 Å². The molecular weight excluding hydrogens is 1230 g/mol. The van der Waals surface area contributed by atoms with Crippen LogP contribution < -0.4 is 0 Å². The predicted molar refractivity (Wildman–Crippen MR) is 333 cm³/mol. The number of fused-ring (bicyclic) bond motifs is 4. The highest BCUT2D eigenvalue weighted by atomic mass is 16.6. The Hall–Kier alpha value is -4.32. The van der Waals surface area contributed by atoms with E-state index in [9.17, 15) is 40.2 Å². The average molecular weight is 1330 g/mol. The van der Waals surface area contributed by atoms with E-state index < -0.39 is 201 Å². The Morgan fingerprint density at radius 1 is 0.495 bits per heavy atom. The van der Waals surface area contributed by atoms with Crippen LogP contribution in [-0.4, -0.2) is 268 Å². The first-order chi connectivity index (χ1) is 45.6. The number of methoxy groups -OCH3 is 8. The third-order valence-electron chi connectivity index (χ3n) is 27.5. The van der Waals surface area contributed by atoms with E-state index in [4.69, 9.17) is 56.8 Å². The Morgan fingerprint density at radius 3 is 1.20 bits per heavy atom. The number of carbonyl (C=O) groups is 4. The third-order valence-corrected chi connectivity index (χ3v) is 27.5. The lowest BCUT2D eigenvalue weighted by Gasteiger charge is -2.70. The van der Waals surface area contributed by atoms with E-state index in [0.29, 0.717) is 26.2 Å². The largest absolute Gasteiger partial charge is 0.455 e. The van der Waals surface area contributed by atoms with Crippen LogP contribution in [0.2, 0.25) is 0 Å². The zero-order valence-corrected chi connectivity index (χ0v) is 56.2. The molecule has 12 aliphatic rings. The van der Waals surface area contributed by atoms with Gasteiger partial charge < -0.3 is 87.5 Å². The molecule has 30 atom stereocenters. The quantitative estimate of drug-likeness (QED) is 0.0499. The fourth-order valence-electron chi connectivity index (χ4n) is 25.3. The second kappa shape index (κ2) is 24.2. The molecular formula is C71H98N2O22. The Balaban J connectivity index is 0.791. The van der Waals surface area contributed by atoms with E-state index >= 15 is 9.59 Å². The molecule has 2 aliphatic heterocycles. The summed E-state index contributed by atoms with van der Waals surface area (Å²) in [5.41, 5.74) is -11.3. The molecule has 24 nitrogen and oxygen atoms in total. The molecule has 2 heterocycles. The third kappa shape index (κ3) is 8.45. The van der Waals surface area contributed by atoms with Crippen molar-refractivity contribution in [2.75, 3.05) is 96.3 Å². The zero-order chi connectivity index (χ0) is 67.5. The summed E-state index contributed by atoms with van der Waals surface area (Å²) in [5.74, 6) is -9.15. The highest BCUT2D eigenvalue weighted by Gasteiger charge is 2.95. The van der Waals surface area contributed by atoms with Crippen molar-refractivity contribution in [2.45, 2.75) is 179 Å². The molecule has 12 fully saturated rings. The molecule has 2 aromatic carbocycles. The highest BCUT2D eigenvalue weighted by molar-refractivity contribution is 5.90. The van der Waals surface area contributed by atoms with Crippen molar-refractivity contribution in [1.82, 2.24) is 9.80 Å². The molecule has 0 unspecified atom stereocenters. The van der Waals surface area contributed by atoms with E-state index in [-0.39, 0.29) is 82.1 Å². The molecule has 24 heteroatoms. The van der Waals surface area contributed by atoms with Crippen LogP contribution in [0.3, 0.4) is 0 Å². The van der Waals surface area contributed by atoms with Crippen LogP contribution in [0.25, 0.3) is 0 Å². The Labute approximate surface area is 554 Å². The normalized spacial score (nSPS) is 48.9. The van der Waals surface area contributed by atoms with Crippen molar-refractivity contribution in [2.24, 2.45) is 69.0 Å². The zero-order valence-electron chi connectivity index (χ0n) is 56.2. The van der Waals surface area contributed by atoms with Crippen LogP contribution >= 0.6 is 0 Å². The van der Waals surface area contributed by atoms with Crippen LogP contribution in [0.15, 0.2) is 60.7 Å². The average Bonchev–Trinajstić information content (AvgIpc) is 1.46. The second-order valence-corrected chi connectivity index (χ2v) is 30.2. The molecule has 2 spiro atoms. The van der Waals surface area contributed by atoms with Gasteiger partial charge in [-0.2, -0.15) is 0 Å². The predicted octanol–water partition coefficient (Wildman–Crippen LogP) is 2.22. The van der Waals surface area contributed by atoms with E-state index in [2.05, 4.69) is 9.80 Å². The Bertz CT molecular complexity index is 3020. The number of likely N-dealkylation sites (tertiary alicyclic amines) is 2. The molecule has 2 aromatic rings. The molecule has 14 rings (SSSR count). The van der Waals surface area contributed by atoms with Gasteiger partial charge in [0.1, 0.15) is 47.8 Å². The molecule has 10 saturated carbocycles. The Kier molecular flexibility index (Phi) is 17.3. The smallest absolute Gasteiger partial charge is 0.338 e.